The highest BCUT2D eigenvalue weighted by atomic mass is 15.0. The average molecular weight is 165 g/mol. The third-order valence-corrected chi connectivity index (χ3v) is 4.49. The summed E-state index contributed by atoms with van der Waals surface area (Å²) in [6, 6.07) is 0. The van der Waals surface area contributed by atoms with Crippen LogP contribution in [0.3, 0.4) is 0 Å². The minimum atomic E-state index is 0.814. The summed E-state index contributed by atoms with van der Waals surface area (Å²) < 4.78 is 0. The second-order valence-corrected chi connectivity index (χ2v) is 5.14. The first-order valence-electron chi connectivity index (χ1n) is 5.61. The van der Waals surface area contributed by atoms with Gasteiger partial charge in [0.1, 0.15) is 0 Å². The zero-order valence-corrected chi connectivity index (χ0v) is 7.81. The van der Waals surface area contributed by atoms with Gasteiger partial charge in [-0.25, -0.2) is 0 Å². The largest absolute Gasteiger partial charge is 0.316 e. The van der Waals surface area contributed by atoms with E-state index in [9.17, 15) is 0 Å². The lowest BCUT2D eigenvalue weighted by Crippen LogP contribution is -2.21. The van der Waals surface area contributed by atoms with Gasteiger partial charge in [-0.1, -0.05) is 25.7 Å². The van der Waals surface area contributed by atoms with E-state index < -0.39 is 0 Å². The van der Waals surface area contributed by atoms with Crippen molar-refractivity contribution >= 4 is 0 Å². The third-order valence-electron chi connectivity index (χ3n) is 4.49. The Hall–Kier alpha value is -0.0400. The van der Waals surface area contributed by atoms with Crippen molar-refractivity contribution in [1.82, 2.24) is 5.32 Å². The number of hydrogen-bond donors (Lipinski definition) is 1. The maximum Gasteiger partial charge on any atom is 0.00112 e. The molecule has 3 fully saturated rings. The molecule has 68 valence electrons. The Kier molecular flexibility index (Phi) is 1.52. The molecular weight excluding hydrogens is 146 g/mol. The maximum absolute atomic E-state index is 3.60. The van der Waals surface area contributed by atoms with E-state index in [0.29, 0.717) is 0 Å². The molecule has 0 radical (unpaired) electrons. The molecule has 2 saturated carbocycles. The van der Waals surface area contributed by atoms with Gasteiger partial charge in [-0.05, 0) is 36.6 Å². The molecule has 1 spiro atoms. The predicted molar refractivity (Wildman–Crippen MR) is 50.0 cm³/mol. The summed E-state index contributed by atoms with van der Waals surface area (Å²) in [5.41, 5.74) is 0.814. The molecule has 1 heteroatoms. The Balaban J connectivity index is 1.74. The molecule has 0 bridgehead atoms. The standard InChI is InChI=1S/C11H19N/c1-2-4-9(3-1)10-7-12-8-11(10)5-6-11/h9-10,12H,1-8H2. The molecule has 1 aliphatic heterocycles. The summed E-state index contributed by atoms with van der Waals surface area (Å²) in [4.78, 5) is 0. The minimum absolute atomic E-state index is 0.814. The van der Waals surface area contributed by atoms with E-state index >= 15 is 0 Å². The zero-order valence-electron chi connectivity index (χ0n) is 7.81. The monoisotopic (exact) mass is 165 g/mol. The van der Waals surface area contributed by atoms with Crippen LogP contribution in [0.15, 0.2) is 0 Å². The van der Waals surface area contributed by atoms with Gasteiger partial charge in [-0.3, -0.25) is 0 Å². The van der Waals surface area contributed by atoms with Crippen LogP contribution < -0.4 is 5.32 Å². The average Bonchev–Trinajstić information content (AvgIpc) is 2.51. The Morgan fingerprint density at radius 3 is 2.50 bits per heavy atom. The Bertz CT molecular complexity index is 177. The molecule has 0 aromatic carbocycles. The predicted octanol–water partition coefficient (Wildman–Crippen LogP) is 2.18. The van der Waals surface area contributed by atoms with Crippen LogP contribution in [-0.2, 0) is 0 Å². The fourth-order valence-electron chi connectivity index (χ4n) is 3.56. The van der Waals surface area contributed by atoms with Gasteiger partial charge in [0.05, 0.1) is 0 Å². The van der Waals surface area contributed by atoms with Crippen molar-refractivity contribution in [2.45, 2.75) is 38.5 Å². The summed E-state index contributed by atoms with van der Waals surface area (Å²) >= 11 is 0. The van der Waals surface area contributed by atoms with E-state index in [1.54, 1.807) is 0 Å². The molecule has 1 heterocycles. The van der Waals surface area contributed by atoms with Crippen molar-refractivity contribution < 1.29 is 0 Å². The van der Waals surface area contributed by atoms with Gasteiger partial charge in [0, 0.05) is 6.54 Å². The van der Waals surface area contributed by atoms with E-state index in [-0.39, 0.29) is 0 Å². The van der Waals surface area contributed by atoms with Crippen LogP contribution >= 0.6 is 0 Å². The summed E-state index contributed by atoms with van der Waals surface area (Å²) in [5, 5.41) is 3.60. The highest BCUT2D eigenvalue weighted by molar-refractivity contribution is 5.07. The lowest BCUT2D eigenvalue weighted by molar-refractivity contribution is 0.269. The Morgan fingerprint density at radius 1 is 1.08 bits per heavy atom. The molecule has 1 unspecified atom stereocenters. The van der Waals surface area contributed by atoms with Gasteiger partial charge in [0.25, 0.3) is 0 Å². The van der Waals surface area contributed by atoms with Crippen molar-refractivity contribution in [2.75, 3.05) is 13.1 Å². The molecule has 2 aliphatic carbocycles. The van der Waals surface area contributed by atoms with Crippen LogP contribution in [0.2, 0.25) is 0 Å². The quantitative estimate of drug-likeness (QED) is 0.628. The van der Waals surface area contributed by atoms with Crippen LogP contribution in [0.25, 0.3) is 0 Å². The maximum atomic E-state index is 3.60. The molecule has 1 N–H and O–H groups in total. The van der Waals surface area contributed by atoms with Crippen LogP contribution in [-0.4, -0.2) is 13.1 Å². The Morgan fingerprint density at radius 2 is 1.83 bits per heavy atom. The number of nitrogens with one attached hydrogen (secondary N) is 1. The summed E-state index contributed by atoms with van der Waals surface area (Å²) in [6.45, 7) is 2.68. The highest BCUT2D eigenvalue weighted by Crippen LogP contribution is 2.58. The van der Waals surface area contributed by atoms with Gasteiger partial charge >= 0.3 is 0 Å². The van der Waals surface area contributed by atoms with Crippen molar-refractivity contribution in [3.05, 3.63) is 0 Å². The molecule has 1 atom stereocenters. The van der Waals surface area contributed by atoms with E-state index in [1.807, 2.05) is 0 Å². The SMILES string of the molecule is C1CCC(C2CNCC23CC3)C1. The minimum Gasteiger partial charge on any atom is -0.316 e. The summed E-state index contributed by atoms with van der Waals surface area (Å²) in [7, 11) is 0. The molecule has 0 aromatic rings. The second kappa shape index (κ2) is 2.47. The van der Waals surface area contributed by atoms with Crippen LogP contribution in [0.5, 0.6) is 0 Å². The van der Waals surface area contributed by atoms with Crippen LogP contribution in [0, 0.1) is 17.3 Å². The lowest BCUT2D eigenvalue weighted by atomic mass is 9.81. The van der Waals surface area contributed by atoms with Gasteiger partial charge in [0.15, 0.2) is 0 Å². The van der Waals surface area contributed by atoms with E-state index in [4.69, 9.17) is 0 Å². The zero-order chi connectivity index (χ0) is 8.02. The molecule has 3 aliphatic rings. The smallest absolute Gasteiger partial charge is 0.00112 e. The third kappa shape index (κ3) is 0.953. The number of rotatable bonds is 1. The lowest BCUT2D eigenvalue weighted by Gasteiger charge is -2.23. The van der Waals surface area contributed by atoms with E-state index in [2.05, 4.69) is 5.32 Å². The molecule has 1 nitrogen and oxygen atoms in total. The van der Waals surface area contributed by atoms with Crippen molar-refractivity contribution in [3.63, 3.8) is 0 Å². The van der Waals surface area contributed by atoms with Gasteiger partial charge in [0.2, 0.25) is 0 Å². The van der Waals surface area contributed by atoms with Gasteiger partial charge < -0.3 is 5.32 Å². The summed E-state index contributed by atoms with van der Waals surface area (Å²) in [6.07, 6.45) is 9.15. The van der Waals surface area contributed by atoms with Gasteiger partial charge in [-0.2, -0.15) is 0 Å². The topological polar surface area (TPSA) is 12.0 Å². The highest BCUT2D eigenvalue weighted by Gasteiger charge is 2.54. The molecular formula is C11H19N. The fourth-order valence-corrected chi connectivity index (χ4v) is 3.56. The van der Waals surface area contributed by atoms with Crippen LogP contribution in [0.4, 0.5) is 0 Å². The second-order valence-electron chi connectivity index (χ2n) is 5.14. The number of hydrogen-bond acceptors (Lipinski definition) is 1. The first kappa shape index (κ1) is 7.37. The van der Waals surface area contributed by atoms with Gasteiger partial charge in [-0.15, -0.1) is 0 Å². The van der Waals surface area contributed by atoms with Crippen molar-refractivity contribution in [1.29, 1.82) is 0 Å². The molecule has 12 heavy (non-hydrogen) atoms. The first-order valence-corrected chi connectivity index (χ1v) is 5.61. The van der Waals surface area contributed by atoms with Crippen molar-refractivity contribution in [3.8, 4) is 0 Å². The van der Waals surface area contributed by atoms with E-state index in [1.165, 1.54) is 51.6 Å². The van der Waals surface area contributed by atoms with Crippen LogP contribution in [0.1, 0.15) is 38.5 Å². The first-order chi connectivity index (χ1) is 5.91. The molecule has 3 rings (SSSR count). The molecule has 0 amide bonds. The molecule has 1 saturated heterocycles. The summed E-state index contributed by atoms with van der Waals surface area (Å²) in [5.74, 6) is 2.17. The Labute approximate surface area is 74.9 Å². The van der Waals surface area contributed by atoms with E-state index in [0.717, 1.165) is 17.3 Å². The fraction of sp³-hybridized carbons (Fsp3) is 1.00. The van der Waals surface area contributed by atoms with Crippen molar-refractivity contribution in [2.24, 2.45) is 17.3 Å². The normalized spacial score (nSPS) is 39.5. The molecule has 0 aromatic heterocycles.